The van der Waals surface area contributed by atoms with Crippen molar-refractivity contribution in [3.8, 4) is 0 Å². The van der Waals surface area contributed by atoms with Crippen LogP contribution in [0.3, 0.4) is 0 Å². The Bertz CT molecular complexity index is 8.00. The highest BCUT2D eigenvalue weighted by Crippen LogP contribution is 1.50. The summed E-state index contributed by atoms with van der Waals surface area (Å²) in [5, 5.41) is 0. The summed E-state index contributed by atoms with van der Waals surface area (Å²) in [6.45, 7) is 0. The first-order valence-electron chi connectivity index (χ1n) is 0.964. The molecule has 1 nitrogen and oxygen atoms in total. The van der Waals surface area contributed by atoms with E-state index in [4.69, 9.17) is 0 Å². The maximum atomic E-state index is 10.7. The van der Waals surface area contributed by atoms with E-state index in [2.05, 4.69) is 4.12 Å². The fourth-order valence-corrected chi connectivity index (χ4v) is 0. The monoisotopic (exact) mass is 96.0 g/mol. The molecule has 26 valence electrons. The van der Waals surface area contributed by atoms with Crippen LogP contribution >= 0.6 is 0 Å². The average Bonchev–Trinajstić information content (AvgIpc) is 1.37. The molecule has 0 amide bonds. The predicted octanol–water partition coefficient (Wildman–Crippen LogP) is -1.75. The third-order valence-electron chi connectivity index (χ3n) is 0.109. The summed E-state index contributed by atoms with van der Waals surface area (Å²) in [4.78, 5) is 0. The Labute approximate surface area is 29.8 Å². The van der Waals surface area contributed by atoms with Crippen molar-refractivity contribution in [1.82, 2.24) is 0 Å². The van der Waals surface area contributed by atoms with Crippen LogP contribution in [-0.2, 0) is 4.12 Å². The molecule has 0 saturated carbocycles. The average molecular weight is 96.2 g/mol. The smallest absolute Gasteiger partial charge is 0.342 e. The van der Waals surface area contributed by atoms with Gasteiger partial charge in [0.25, 0.3) is 0 Å². The van der Waals surface area contributed by atoms with Crippen LogP contribution in [0, 0.1) is 0 Å². The standard InChI is InChI=1S/FH5OSi2/c1-4-2-3/h4H2,3H3. The first kappa shape index (κ1) is 4.32. The first-order chi connectivity index (χ1) is 1.91. The molecule has 4 heteroatoms. The van der Waals surface area contributed by atoms with E-state index in [1.54, 1.807) is 0 Å². The summed E-state index contributed by atoms with van der Waals surface area (Å²) in [6, 6.07) is 0. The third kappa shape index (κ3) is 2.32. The SMILES string of the molecule is F[SiH2]O[SiH3]. The Morgan fingerprint density at radius 1 is 2.00 bits per heavy atom. The topological polar surface area (TPSA) is 9.23 Å². The molecule has 4 heavy (non-hydrogen) atoms. The second kappa shape index (κ2) is 3.32. The van der Waals surface area contributed by atoms with Crippen molar-refractivity contribution in [2.24, 2.45) is 0 Å². The fraction of sp³-hybridized carbons (Fsp3) is 0. The molecule has 0 aromatic carbocycles. The van der Waals surface area contributed by atoms with E-state index in [1.807, 2.05) is 0 Å². The van der Waals surface area contributed by atoms with Gasteiger partial charge in [-0.3, -0.25) is 4.11 Å². The summed E-state index contributed by atoms with van der Waals surface area (Å²) in [6.07, 6.45) is 0. The Morgan fingerprint density at radius 3 is 2.25 bits per heavy atom. The first-order valence-corrected chi connectivity index (χ1v) is 2.89. The van der Waals surface area contributed by atoms with Gasteiger partial charge in [-0.05, 0) is 0 Å². The van der Waals surface area contributed by atoms with Gasteiger partial charge in [-0.2, -0.15) is 0 Å². The van der Waals surface area contributed by atoms with Gasteiger partial charge in [-0.1, -0.05) is 0 Å². The molecule has 0 rings (SSSR count). The Balaban J connectivity index is 1.97. The second-order valence-electron chi connectivity index (χ2n) is 0.398. The summed E-state index contributed by atoms with van der Waals surface area (Å²) >= 11 is 0. The summed E-state index contributed by atoms with van der Waals surface area (Å²) in [5.41, 5.74) is 0. The van der Waals surface area contributed by atoms with Crippen molar-refractivity contribution in [3.63, 3.8) is 0 Å². The highest BCUT2D eigenvalue weighted by Gasteiger charge is 1.60. The van der Waals surface area contributed by atoms with Crippen molar-refractivity contribution in [2.75, 3.05) is 0 Å². The summed E-state index contributed by atoms with van der Waals surface area (Å²) in [7, 11) is -0.937. The summed E-state index contributed by atoms with van der Waals surface area (Å²) < 4.78 is 14.8. The van der Waals surface area contributed by atoms with Gasteiger partial charge in [-0.15, -0.1) is 0 Å². The zero-order valence-electron chi connectivity index (χ0n) is 2.49. The summed E-state index contributed by atoms with van der Waals surface area (Å²) in [5.74, 6) is 0. The second-order valence-corrected chi connectivity index (χ2v) is 2.93. The normalized spacial score (nSPS) is 11.2. The molecular weight excluding hydrogens is 91.2 g/mol. The van der Waals surface area contributed by atoms with E-state index >= 15 is 0 Å². The van der Waals surface area contributed by atoms with Gasteiger partial charge in [0.2, 0.25) is 0 Å². The van der Waals surface area contributed by atoms with Crippen molar-refractivity contribution >= 4 is 20.6 Å². The molecule has 0 fully saturated rings. The molecule has 0 heterocycles. The molecule has 0 aliphatic rings. The van der Waals surface area contributed by atoms with Gasteiger partial charge in [0.15, 0.2) is 0 Å². The van der Waals surface area contributed by atoms with Gasteiger partial charge in [0.05, 0.1) is 0 Å². The molecule has 0 aliphatic heterocycles. The molecule has 0 bridgehead atoms. The minimum absolute atomic E-state index is 0.576. The number of rotatable bonds is 1. The van der Waals surface area contributed by atoms with Gasteiger partial charge < -0.3 is 4.12 Å². The maximum absolute atomic E-state index is 10.7. The highest BCUT2D eigenvalue weighted by atomic mass is 28.3. The zero-order chi connectivity index (χ0) is 3.41. The van der Waals surface area contributed by atoms with Crippen molar-refractivity contribution in [2.45, 2.75) is 0 Å². The van der Waals surface area contributed by atoms with Crippen LogP contribution in [0.5, 0.6) is 0 Å². The minimum atomic E-state index is -1.51. The van der Waals surface area contributed by atoms with E-state index in [0.29, 0.717) is 10.5 Å². The number of halogens is 1. The quantitative estimate of drug-likeness (QED) is 0.278. The lowest BCUT2D eigenvalue weighted by Crippen LogP contribution is -1.80. The van der Waals surface area contributed by atoms with Crippen molar-refractivity contribution in [3.05, 3.63) is 0 Å². The minimum Gasteiger partial charge on any atom is -0.446 e. The molecule has 0 atom stereocenters. The fourth-order valence-electron chi connectivity index (χ4n) is 0. The van der Waals surface area contributed by atoms with E-state index < -0.39 is 10.1 Å². The molecule has 0 radical (unpaired) electrons. The lowest BCUT2D eigenvalue weighted by Gasteiger charge is -1.72. The number of hydrogen-bond donors (Lipinski definition) is 0. The lowest BCUT2D eigenvalue weighted by atomic mass is 15.8. The van der Waals surface area contributed by atoms with Gasteiger partial charge >= 0.3 is 10.1 Å². The number of hydrogen-bond acceptors (Lipinski definition) is 1. The van der Waals surface area contributed by atoms with Crippen LogP contribution in [0.1, 0.15) is 0 Å². The van der Waals surface area contributed by atoms with Crippen LogP contribution in [0.25, 0.3) is 0 Å². The molecule has 0 aromatic rings. The maximum Gasteiger partial charge on any atom is 0.342 e. The lowest BCUT2D eigenvalue weighted by molar-refractivity contribution is 0.585. The Hall–Kier alpha value is 0.324. The Morgan fingerprint density at radius 2 is 2.25 bits per heavy atom. The van der Waals surface area contributed by atoms with E-state index in [-0.39, 0.29) is 0 Å². The Kier molecular flexibility index (Phi) is 3.59. The molecule has 0 unspecified atom stereocenters. The van der Waals surface area contributed by atoms with E-state index in [9.17, 15) is 4.11 Å². The molecule has 0 spiro atoms. The van der Waals surface area contributed by atoms with Gasteiger partial charge in [0.1, 0.15) is 10.5 Å². The molecule has 0 aromatic heterocycles. The molecule has 0 N–H and O–H groups in total. The van der Waals surface area contributed by atoms with Gasteiger partial charge in [-0.25, -0.2) is 0 Å². The van der Waals surface area contributed by atoms with E-state index in [1.165, 1.54) is 0 Å². The van der Waals surface area contributed by atoms with Crippen LogP contribution in [-0.4, -0.2) is 20.6 Å². The van der Waals surface area contributed by atoms with Crippen LogP contribution in [0.15, 0.2) is 0 Å². The molecule has 0 aliphatic carbocycles. The van der Waals surface area contributed by atoms with Crippen molar-refractivity contribution < 1.29 is 8.22 Å². The van der Waals surface area contributed by atoms with Crippen molar-refractivity contribution in [1.29, 1.82) is 0 Å². The molecular formula is H5FOSi2. The van der Waals surface area contributed by atoms with Crippen LogP contribution < -0.4 is 0 Å². The van der Waals surface area contributed by atoms with Gasteiger partial charge in [0, 0.05) is 0 Å². The van der Waals surface area contributed by atoms with E-state index in [0.717, 1.165) is 0 Å². The van der Waals surface area contributed by atoms with Crippen LogP contribution in [0.4, 0.5) is 4.11 Å². The zero-order valence-corrected chi connectivity index (χ0v) is 5.91. The largest absolute Gasteiger partial charge is 0.446 e. The third-order valence-corrected chi connectivity index (χ3v) is 0.982. The molecule has 0 saturated heterocycles. The van der Waals surface area contributed by atoms with Crippen LogP contribution in [0.2, 0.25) is 0 Å². The predicted molar refractivity (Wildman–Crippen MR) is 20.7 cm³/mol. The highest BCUT2D eigenvalue weighted by molar-refractivity contribution is 6.26.